The molecule has 0 fully saturated rings. The van der Waals surface area contributed by atoms with E-state index in [0.29, 0.717) is 10.3 Å². The van der Waals surface area contributed by atoms with Gasteiger partial charge in [-0.15, -0.1) is 0 Å². The van der Waals surface area contributed by atoms with Crippen LogP contribution in [0.3, 0.4) is 0 Å². The fourth-order valence-corrected chi connectivity index (χ4v) is 2.80. The van der Waals surface area contributed by atoms with Crippen LogP contribution in [-0.2, 0) is 0 Å². The van der Waals surface area contributed by atoms with Gasteiger partial charge in [-0.1, -0.05) is 36.4 Å². The van der Waals surface area contributed by atoms with E-state index < -0.39 is 11.6 Å². The fraction of sp³-hybridized carbons (Fsp3) is 0. The monoisotopic (exact) mass is 291 g/mol. The van der Waals surface area contributed by atoms with Gasteiger partial charge in [0, 0.05) is 6.07 Å². The zero-order valence-electron chi connectivity index (χ0n) is 11.4. The number of hydrogen-bond acceptors (Lipinski definition) is 2. The van der Waals surface area contributed by atoms with Gasteiger partial charge in [-0.25, -0.2) is 4.39 Å². The molecule has 0 aliphatic carbocycles. The molecule has 0 aromatic heterocycles. The molecular formula is C18H10FNO2. The second-order valence-corrected chi connectivity index (χ2v) is 5.17. The summed E-state index contributed by atoms with van der Waals surface area (Å²) in [7, 11) is 0. The lowest BCUT2D eigenvalue weighted by Crippen LogP contribution is -2.18. The smallest absolute Gasteiger partial charge is 0.275 e. The van der Waals surface area contributed by atoms with E-state index in [-0.39, 0.29) is 17.0 Å². The van der Waals surface area contributed by atoms with Crippen LogP contribution in [0, 0.1) is 11.0 Å². The Morgan fingerprint density at radius 2 is 1.50 bits per heavy atom. The second kappa shape index (κ2) is 4.49. The van der Waals surface area contributed by atoms with E-state index in [1.165, 1.54) is 18.2 Å². The number of nitrogens with zero attached hydrogens (tertiary/aromatic N) is 1. The summed E-state index contributed by atoms with van der Waals surface area (Å²) in [6, 6.07) is 16.6. The average Bonchev–Trinajstić information content (AvgIpc) is 2.77. The van der Waals surface area contributed by atoms with Gasteiger partial charge in [0.05, 0.1) is 5.56 Å². The van der Waals surface area contributed by atoms with Crippen LogP contribution in [0.4, 0.5) is 10.1 Å². The zero-order chi connectivity index (χ0) is 15.3. The number of carbonyl (C=O) groups excluding carboxylic acids is 1. The Balaban J connectivity index is 1.99. The Hall–Kier alpha value is -3.01. The molecule has 4 heteroatoms. The van der Waals surface area contributed by atoms with Crippen molar-refractivity contribution in [3.8, 4) is 0 Å². The molecule has 0 radical (unpaired) electrons. The van der Waals surface area contributed by atoms with Gasteiger partial charge in [-0.2, -0.15) is 4.74 Å². The summed E-state index contributed by atoms with van der Waals surface area (Å²) < 4.78 is 14.5. The summed E-state index contributed by atoms with van der Waals surface area (Å²) in [5.41, 5.74) is 0.445. The van der Waals surface area contributed by atoms with Crippen LogP contribution < -0.4 is 0 Å². The lowest BCUT2D eigenvalue weighted by Gasteiger charge is -2.03. The predicted octanol–water partition coefficient (Wildman–Crippen LogP) is 3.81. The van der Waals surface area contributed by atoms with Crippen molar-refractivity contribution in [2.24, 2.45) is 0 Å². The van der Waals surface area contributed by atoms with Crippen LogP contribution in [0.15, 0.2) is 60.7 Å². The lowest BCUT2D eigenvalue weighted by atomic mass is 10.00. The minimum atomic E-state index is -0.580. The van der Waals surface area contributed by atoms with Gasteiger partial charge in [0.25, 0.3) is 11.5 Å². The molecule has 3 aromatic carbocycles. The van der Waals surface area contributed by atoms with Crippen molar-refractivity contribution in [1.29, 1.82) is 0 Å². The third-order valence-corrected chi connectivity index (χ3v) is 3.87. The first kappa shape index (κ1) is 12.7. The second-order valence-electron chi connectivity index (χ2n) is 5.17. The lowest BCUT2D eigenvalue weighted by molar-refractivity contribution is -0.355. The highest BCUT2D eigenvalue weighted by atomic mass is 19.1. The molecule has 0 amide bonds. The first-order valence-corrected chi connectivity index (χ1v) is 6.83. The number of rotatable bonds is 1. The van der Waals surface area contributed by atoms with Crippen molar-refractivity contribution in [1.82, 2.24) is 0 Å². The van der Waals surface area contributed by atoms with E-state index in [1.54, 1.807) is 18.2 Å². The summed E-state index contributed by atoms with van der Waals surface area (Å²) >= 11 is 0. The molecule has 0 N–H and O–H groups in total. The van der Waals surface area contributed by atoms with Crippen molar-refractivity contribution < 1.29 is 13.9 Å². The maximum absolute atomic E-state index is 14.0. The first-order chi connectivity index (χ1) is 10.7. The molecule has 22 heavy (non-hydrogen) atoms. The molecule has 4 rings (SSSR count). The summed E-state index contributed by atoms with van der Waals surface area (Å²) in [6.07, 6.45) is 0. The minimum Gasteiger partial charge on any atom is -0.618 e. The highest BCUT2D eigenvalue weighted by Gasteiger charge is 2.38. The summed E-state index contributed by atoms with van der Waals surface area (Å²) in [5.74, 6) is -1.02. The third-order valence-electron chi connectivity index (χ3n) is 3.87. The van der Waals surface area contributed by atoms with Gasteiger partial charge >= 0.3 is 0 Å². The molecule has 0 saturated carbocycles. The molecule has 106 valence electrons. The Morgan fingerprint density at radius 1 is 0.864 bits per heavy atom. The topological polar surface area (TPSA) is 43.1 Å². The van der Waals surface area contributed by atoms with Gasteiger partial charge in [-0.05, 0) is 29.0 Å². The van der Waals surface area contributed by atoms with Crippen molar-refractivity contribution in [3.63, 3.8) is 0 Å². The van der Waals surface area contributed by atoms with Crippen LogP contribution in [0.1, 0.15) is 15.9 Å². The van der Waals surface area contributed by atoms with Crippen molar-refractivity contribution in [3.05, 3.63) is 82.8 Å². The standard InChI is InChI=1S/C18H10FNO2/c19-15-8-4-3-7-13(15)17-18(21)14-9-11-5-1-2-6-12(11)10-16(14)20(17)22/h1-10H. The van der Waals surface area contributed by atoms with E-state index >= 15 is 0 Å². The maximum atomic E-state index is 14.0. The predicted molar refractivity (Wildman–Crippen MR) is 82.1 cm³/mol. The van der Waals surface area contributed by atoms with Crippen molar-refractivity contribution >= 4 is 28.0 Å². The van der Waals surface area contributed by atoms with Crippen molar-refractivity contribution in [2.75, 3.05) is 0 Å². The molecule has 0 spiro atoms. The quantitative estimate of drug-likeness (QED) is 0.505. The number of hydrogen-bond donors (Lipinski definition) is 0. The van der Waals surface area contributed by atoms with Crippen LogP contribution in [-0.4, -0.2) is 16.2 Å². The SMILES string of the molecule is O=C1C(c2ccccc2F)=[N+]([O-])c2cc3ccccc3cc21. The van der Waals surface area contributed by atoms with Crippen LogP contribution in [0.2, 0.25) is 0 Å². The fourth-order valence-electron chi connectivity index (χ4n) is 2.80. The number of carbonyl (C=O) groups is 1. The van der Waals surface area contributed by atoms with Crippen molar-refractivity contribution in [2.45, 2.75) is 0 Å². The molecule has 0 atom stereocenters. The number of benzene rings is 3. The van der Waals surface area contributed by atoms with E-state index in [2.05, 4.69) is 0 Å². The van der Waals surface area contributed by atoms with Gasteiger partial charge in [-0.3, -0.25) is 4.79 Å². The van der Waals surface area contributed by atoms with E-state index in [0.717, 1.165) is 10.8 Å². The highest BCUT2D eigenvalue weighted by molar-refractivity contribution is 6.52. The first-order valence-electron chi connectivity index (χ1n) is 6.83. The van der Waals surface area contributed by atoms with Crippen LogP contribution in [0.5, 0.6) is 0 Å². The number of halogens is 1. The number of Topliss-reactive ketones (excluding diaryl/α,β-unsaturated/α-hetero) is 1. The Morgan fingerprint density at radius 3 is 2.23 bits per heavy atom. The molecular weight excluding hydrogens is 281 g/mol. The zero-order valence-corrected chi connectivity index (χ0v) is 11.4. The van der Waals surface area contributed by atoms with Gasteiger partial charge in [0.15, 0.2) is 0 Å². The maximum Gasteiger partial charge on any atom is 0.275 e. The highest BCUT2D eigenvalue weighted by Crippen LogP contribution is 2.32. The third kappa shape index (κ3) is 1.67. The van der Waals surface area contributed by atoms with Gasteiger partial charge in [0.2, 0.25) is 5.69 Å². The van der Waals surface area contributed by atoms with E-state index in [4.69, 9.17) is 0 Å². The Labute approximate surface area is 125 Å². The van der Waals surface area contributed by atoms with E-state index in [9.17, 15) is 14.4 Å². The molecule has 3 nitrogen and oxygen atoms in total. The van der Waals surface area contributed by atoms with E-state index in [1.807, 2.05) is 24.3 Å². The number of ketones is 1. The largest absolute Gasteiger partial charge is 0.618 e. The average molecular weight is 291 g/mol. The summed E-state index contributed by atoms with van der Waals surface area (Å²) in [4.78, 5) is 12.6. The Kier molecular flexibility index (Phi) is 2.60. The number of fused-ring (bicyclic) bond motifs is 2. The molecule has 0 saturated heterocycles. The van der Waals surface area contributed by atoms with Gasteiger partial charge < -0.3 is 5.21 Å². The summed E-state index contributed by atoms with van der Waals surface area (Å²) in [5, 5.41) is 14.2. The summed E-state index contributed by atoms with van der Waals surface area (Å²) in [6.45, 7) is 0. The molecule has 1 heterocycles. The molecule has 0 bridgehead atoms. The molecule has 0 unspecified atom stereocenters. The molecule has 1 aliphatic rings. The Bertz CT molecular complexity index is 976. The van der Waals surface area contributed by atoms with Gasteiger partial charge in [0.1, 0.15) is 11.4 Å². The minimum absolute atomic E-state index is 0.0303. The van der Waals surface area contributed by atoms with Crippen LogP contribution >= 0.6 is 0 Å². The molecule has 3 aromatic rings. The molecule has 1 aliphatic heterocycles. The van der Waals surface area contributed by atoms with Crippen LogP contribution in [0.25, 0.3) is 10.8 Å². The normalized spacial score (nSPS) is 13.8.